The van der Waals surface area contributed by atoms with Gasteiger partial charge in [0.25, 0.3) is 5.91 Å². The van der Waals surface area contributed by atoms with Crippen molar-refractivity contribution >= 4 is 22.8 Å². The molecule has 1 amide bonds. The van der Waals surface area contributed by atoms with Crippen LogP contribution in [0.25, 0.3) is 10.9 Å². The van der Waals surface area contributed by atoms with Crippen molar-refractivity contribution in [3.05, 3.63) is 64.8 Å². The maximum Gasteiger partial charge on any atom is 0.339 e. The van der Waals surface area contributed by atoms with E-state index in [2.05, 4.69) is 5.32 Å². The fourth-order valence-electron chi connectivity index (χ4n) is 4.44. The van der Waals surface area contributed by atoms with E-state index < -0.39 is 12.1 Å². The van der Waals surface area contributed by atoms with Crippen LogP contribution in [0.4, 0.5) is 0 Å². The molecule has 33 heavy (non-hydrogen) atoms. The Hall–Kier alpha value is -3.61. The molecule has 0 radical (unpaired) electrons. The number of nitrogens with zero attached hydrogens (tertiary/aromatic N) is 1. The molecule has 2 aromatic carbocycles. The SMILES string of the molecule is CC(OC(=O)c1c2c(nc3ccccc13)CCCCC2)C(=O)NCc1ccc2c(c1)OCO2. The number of nitrogens with one attached hydrogen (secondary N) is 1. The standard InChI is InChI=1S/C26H26N2O5/c1-16(25(29)27-14-17-11-12-22-23(13-17)32-15-31-22)33-26(30)24-18-7-3-2-4-9-20(18)28-21-10-6-5-8-19(21)24/h5-6,8,10-13,16H,2-4,7,9,14-15H2,1H3,(H,27,29). The lowest BCUT2D eigenvalue weighted by molar-refractivity contribution is -0.129. The number of hydrogen-bond acceptors (Lipinski definition) is 6. The van der Waals surface area contributed by atoms with Crippen molar-refractivity contribution < 1.29 is 23.8 Å². The quantitative estimate of drug-likeness (QED) is 0.469. The first-order chi connectivity index (χ1) is 16.1. The van der Waals surface area contributed by atoms with Crippen molar-refractivity contribution in [2.24, 2.45) is 0 Å². The van der Waals surface area contributed by atoms with Gasteiger partial charge in [-0.1, -0.05) is 30.7 Å². The summed E-state index contributed by atoms with van der Waals surface area (Å²) >= 11 is 0. The van der Waals surface area contributed by atoms with Crippen LogP contribution in [0.1, 0.15) is 53.4 Å². The van der Waals surface area contributed by atoms with Crippen molar-refractivity contribution in [2.75, 3.05) is 6.79 Å². The molecule has 1 atom stereocenters. The summed E-state index contributed by atoms with van der Waals surface area (Å²) < 4.78 is 16.3. The minimum Gasteiger partial charge on any atom is -0.454 e. The molecule has 0 saturated carbocycles. The summed E-state index contributed by atoms with van der Waals surface area (Å²) in [6, 6.07) is 13.1. The van der Waals surface area contributed by atoms with Crippen LogP contribution in [0.2, 0.25) is 0 Å². The number of esters is 1. The van der Waals surface area contributed by atoms with Crippen LogP contribution in [0, 0.1) is 0 Å². The normalized spacial score (nSPS) is 15.4. The number of ether oxygens (including phenoxy) is 3. The lowest BCUT2D eigenvalue weighted by Crippen LogP contribution is -2.35. The van der Waals surface area contributed by atoms with Crippen LogP contribution in [-0.2, 0) is 28.9 Å². The second-order valence-corrected chi connectivity index (χ2v) is 8.44. The number of carbonyl (C=O) groups excluding carboxylic acids is 2. The number of fused-ring (bicyclic) bond motifs is 3. The van der Waals surface area contributed by atoms with Gasteiger partial charge < -0.3 is 19.5 Å². The van der Waals surface area contributed by atoms with Crippen LogP contribution in [0.3, 0.4) is 0 Å². The molecule has 0 fully saturated rings. The van der Waals surface area contributed by atoms with Crippen molar-refractivity contribution in [1.29, 1.82) is 0 Å². The maximum absolute atomic E-state index is 13.3. The van der Waals surface area contributed by atoms with Crippen LogP contribution in [0.15, 0.2) is 42.5 Å². The van der Waals surface area contributed by atoms with E-state index in [1.165, 1.54) is 0 Å². The van der Waals surface area contributed by atoms with Crippen LogP contribution in [-0.4, -0.2) is 29.8 Å². The van der Waals surface area contributed by atoms with Crippen molar-refractivity contribution in [3.63, 3.8) is 0 Å². The Labute approximate surface area is 192 Å². The van der Waals surface area contributed by atoms with Gasteiger partial charge in [-0.05, 0) is 61.9 Å². The zero-order chi connectivity index (χ0) is 22.8. The van der Waals surface area contributed by atoms with Gasteiger partial charge in [-0.3, -0.25) is 9.78 Å². The van der Waals surface area contributed by atoms with E-state index in [1.54, 1.807) is 6.92 Å². The number of amides is 1. The van der Waals surface area contributed by atoms with E-state index >= 15 is 0 Å². The zero-order valence-corrected chi connectivity index (χ0v) is 18.6. The smallest absolute Gasteiger partial charge is 0.339 e. The van der Waals surface area contributed by atoms with E-state index in [0.29, 0.717) is 23.6 Å². The van der Waals surface area contributed by atoms with E-state index in [-0.39, 0.29) is 12.7 Å². The average molecular weight is 447 g/mol. The average Bonchev–Trinajstić information content (AvgIpc) is 3.17. The summed E-state index contributed by atoms with van der Waals surface area (Å²) in [4.78, 5) is 30.8. The molecule has 2 heterocycles. The van der Waals surface area contributed by atoms with Crippen molar-refractivity contribution in [1.82, 2.24) is 10.3 Å². The molecule has 3 aromatic rings. The molecule has 7 nitrogen and oxygen atoms in total. The summed E-state index contributed by atoms with van der Waals surface area (Å²) in [5.41, 5.74) is 4.14. The highest BCUT2D eigenvalue weighted by molar-refractivity contribution is 6.05. The van der Waals surface area contributed by atoms with Gasteiger partial charge in [0.2, 0.25) is 6.79 Å². The number of rotatable bonds is 5. The van der Waals surface area contributed by atoms with Gasteiger partial charge in [0.1, 0.15) is 0 Å². The molecular weight excluding hydrogens is 420 g/mol. The third-order valence-electron chi connectivity index (χ3n) is 6.18. The number of carbonyl (C=O) groups is 2. The fraction of sp³-hybridized carbons (Fsp3) is 0.346. The minimum atomic E-state index is -0.931. The predicted molar refractivity (Wildman–Crippen MR) is 122 cm³/mol. The summed E-state index contributed by atoms with van der Waals surface area (Å²) in [5.74, 6) is 0.519. The Bertz CT molecular complexity index is 1220. The molecule has 1 aliphatic carbocycles. The molecule has 170 valence electrons. The molecule has 1 N–H and O–H groups in total. The highest BCUT2D eigenvalue weighted by Gasteiger charge is 2.26. The number of pyridine rings is 1. The number of benzene rings is 2. The first-order valence-electron chi connectivity index (χ1n) is 11.4. The molecule has 0 spiro atoms. The van der Waals surface area contributed by atoms with Crippen LogP contribution in [0.5, 0.6) is 11.5 Å². The van der Waals surface area contributed by atoms with Gasteiger partial charge in [-0.25, -0.2) is 4.79 Å². The molecule has 0 saturated heterocycles. The van der Waals surface area contributed by atoms with Gasteiger partial charge in [0, 0.05) is 17.6 Å². The molecule has 5 rings (SSSR count). The molecule has 0 bridgehead atoms. The van der Waals surface area contributed by atoms with E-state index in [1.807, 2.05) is 42.5 Å². The first kappa shape index (κ1) is 21.2. The molecule has 1 unspecified atom stereocenters. The molecular formula is C26H26N2O5. The largest absolute Gasteiger partial charge is 0.454 e. The third-order valence-corrected chi connectivity index (χ3v) is 6.18. The second kappa shape index (κ2) is 9.10. The molecule has 2 aliphatic rings. The van der Waals surface area contributed by atoms with Gasteiger partial charge in [-0.15, -0.1) is 0 Å². The van der Waals surface area contributed by atoms with Gasteiger partial charge >= 0.3 is 5.97 Å². The molecule has 1 aliphatic heterocycles. The van der Waals surface area contributed by atoms with Crippen molar-refractivity contribution in [3.8, 4) is 11.5 Å². The Balaban J connectivity index is 1.31. The highest BCUT2D eigenvalue weighted by Crippen LogP contribution is 2.32. The fourth-order valence-corrected chi connectivity index (χ4v) is 4.44. The number of para-hydroxylation sites is 1. The third kappa shape index (κ3) is 4.35. The Morgan fingerprint density at radius 3 is 2.79 bits per heavy atom. The summed E-state index contributed by atoms with van der Waals surface area (Å²) in [5, 5.41) is 3.61. The Morgan fingerprint density at radius 1 is 1.06 bits per heavy atom. The minimum absolute atomic E-state index is 0.200. The van der Waals surface area contributed by atoms with E-state index in [9.17, 15) is 9.59 Å². The van der Waals surface area contributed by atoms with Crippen LogP contribution < -0.4 is 14.8 Å². The summed E-state index contributed by atoms with van der Waals surface area (Å²) in [7, 11) is 0. The lowest BCUT2D eigenvalue weighted by Gasteiger charge is -2.18. The zero-order valence-electron chi connectivity index (χ0n) is 18.6. The monoisotopic (exact) mass is 446 g/mol. The topological polar surface area (TPSA) is 86.8 Å². The summed E-state index contributed by atoms with van der Waals surface area (Å²) in [6.45, 7) is 2.09. The van der Waals surface area contributed by atoms with Crippen LogP contribution >= 0.6 is 0 Å². The number of aryl methyl sites for hydroxylation is 1. The maximum atomic E-state index is 13.3. The van der Waals surface area contributed by atoms with Gasteiger partial charge in [0.15, 0.2) is 17.6 Å². The summed E-state index contributed by atoms with van der Waals surface area (Å²) in [6.07, 6.45) is 3.90. The van der Waals surface area contributed by atoms with Gasteiger partial charge in [0.05, 0.1) is 11.1 Å². The molecule has 7 heteroatoms. The molecule has 1 aromatic heterocycles. The van der Waals surface area contributed by atoms with Gasteiger partial charge in [-0.2, -0.15) is 0 Å². The number of hydrogen-bond donors (Lipinski definition) is 1. The second-order valence-electron chi connectivity index (χ2n) is 8.44. The number of aromatic nitrogens is 1. The van der Waals surface area contributed by atoms with E-state index in [4.69, 9.17) is 19.2 Å². The Kier molecular flexibility index (Phi) is 5.86. The highest BCUT2D eigenvalue weighted by atomic mass is 16.7. The lowest BCUT2D eigenvalue weighted by atomic mass is 9.97. The first-order valence-corrected chi connectivity index (χ1v) is 11.4. The van der Waals surface area contributed by atoms with E-state index in [0.717, 1.165) is 59.8 Å². The Morgan fingerprint density at radius 2 is 1.88 bits per heavy atom. The predicted octanol–water partition coefficient (Wildman–Crippen LogP) is 4.09. The van der Waals surface area contributed by atoms with Crippen molar-refractivity contribution in [2.45, 2.75) is 51.7 Å².